The van der Waals surface area contributed by atoms with E-state index in [9.17, 15) is 4.79 Å². The molecule has 0 spiro atoms. The molecule has 1 atom stereocenters. The van der Waals surface area contributed by atoms with Gasteiger partial charge >= 0.3 is 0 Å². The lowest BCUT2D eigenvalue weighted by atomic mass is 9.96. The molecule has 1 fully saturated rings. The molecule has 0 radical (unpaired) electrons. The molecule has 0 aromatic rings. The molecule has 1 saturated heterocycles. The molecule has 0 bridgehead atoms. The third kappa shape index (κ3) is 4.78. The van der Waals surface area contributed by atoms with Gasteiger partial charge in [0.25, 0.3) is 0 Å². The van der Waals surface area contributed by atoms with Gasteiger partial charge in [-0.25, -0.2) is 0 Å². The molecule has 1 aliphatic rings. The summed E-state index contributed by atoms with van der Waals surface area (Å²) in [6.07, 6.45) is 7.31. The molecule has 88 valence electrons. The van der Waals surface area contributed by atoms with Crippen LogP contribution in [0.15, 0.2) is 0 Å². The Labute approximate surface area is 94.0 Å². The van der Waals surface area contributed by atoms with Crippen molar-refractivity contribution in [1.29, 1.82) is 0 Å². The van der Waals surface area contributed by atoms with Crippen molar-refractivity contribution in [2.75, 3.05) is 19.6 Å². The number of hydrogen-bond donors (Lipinski definition) is 0. The van der Waals surface area contributed by atoms with Gasteiger partial charge in [0.2, 0.25) is 0 Å². The zero-order valence-corrected chi connectivity index (χ0v) is 10.3. The van der Waals surface area contributed by atoms with E-state index in [1.54, 1.807) is 0 Å². The van der Waals surface area contributed by atoms with Crippen molar-refractivity contribution in [3.8, 4) is 0 Å². The fourth-order valence-corrected chi connectivity index (χ4v) is 2.44. The number of carbonyl (C=O) groups excluding carboxylic acids is 1. The monoisotopic (exact) mass is 211 g/mol. The van der Waals surface area contributed by atoms with E-state index in [0.717, 1.165) is 19.0 Å². The van der Waals surface area contributed by atoms with E-state index in [1.165, 1.54) is 32.1 Å². The third-order valence-corrected chi connectivity index (χ3v) is 3.43. The smallest absolute Gasteiger partial charge is 0.146 e. The Morgan fingerprint density at radius 2 is 2.07 bits per heavy atom. The molecule has 2 nitrogen and oxygen atoms in total. The second-order valence-electron chi connectivity index (χ2n) is 4.75. The Morgan fingerprint density at radius 1 is 1.27 bits per heavy atom. The Bertz CT molecular complexity index is 191. The van der Waals surface area contributed by atoms with E-state index in [4.69, 9.17) is 0 Å². The largest absolute Gasteiger partial charge is 0.298 e. The lowest BCUT2D eigenvalue weighted by molar-refractivity contribution is -0.119. The van der Waals surface area contributed by atoms with Crippen LogP contribution in [0.1, 0.15) is 52.4 Å². The van der Waals surface area contributed by atoms with Crippen molar-refractivity contribution in [1.82, 2.24) is 4.90 Å². The second kappa shape index (κ2) is 7.00. The molecular formula is C13H25NO. The number of hydrogen-bond acceptors (Lipinski definition) is 2. The van der Waals surface area contributed by atoms with Crippen LogP contribution < -0.4 is 0 Å². The fraction of sp³-hybridized carbons (Fsp3) is 0.923. The van der Waals surface area contributed by atoms with E-state index in [1.807, 2.05) is 6.92 Å². The van der Waals surface area contributed by atoms with Crippen LogP contribution >= 0.6 is 0 Å². The maximum absolute atomic E-state index is 11.4. The molecule has 1 aliphatic heterocycles. The molecule has 0 N–H and O–H groups in total. The molecule has 2 heteroatoms. The van der Waals surface area contributed by atoms with Crippen molar-refractivity contribution in [3.05, 3.63) is 0 Å². The normalized spacial score (nSPS) is 23.7. The van der Waals surface area contributed by atoms with Crippen molar-refractivity contribution in [2.24, 2.45) is 5.92 Å². The molecule has 1 rings (SSSR count). The highest BCUT2D eigenvalue weighted by atomic mass is 16.1. The van der Waals surface area contributed by atoms with Crippen molar-refractivity contribution >= 4 is 5.78 Å². The molecule has 0 aromatic carbocycles. The number of carbonyl (C=O) groups is 1. The van der Waals surface area contributed by atoms with E-state index < -0.39 is 0 Å². The maximum atomic E-state index is 11.4. The lowest BCUT2D eigenvalue weighted by Gasteiger charge is -2.18. The van der Waals surface area contributed by atoms with Crippen LogP contribution in [0, 0.1) is 5.92 Å². The van der Waals surface area contributed by atoms with Gasteiger partial charge in [0, 0.05) is 6.42 Å². The first-order valence-electron chi connectivity index (χ1n) is 6.50. The summed E-state index contributed by atoms with van der Waals surface area (Å²) >= 11 is 0. The quantitative estimate of drug-likeness (QED) is 0.697. The van der Waals surface area contributed by atoms with Gasteiger partial charge in [0.1, 0.15) is 5.78 Å². The summed E-state index contributed by atoms with van der Waals surface area (Å²) in [6.45, 7) is 7.18. The van der Waals surface area contributed by atoms with Gasteiger partial charge in [-0.2, -0.15) is 0 Å². The average molecular weight is 211 g/mol. The summed E-state index contributed by atoms with van der Waals surface area (Å²) in [7, 11) is 0. The van der Waals surface area contributed by atoms with Crippen LogP contribution in [-0.4, -0.2) is 30.3 Å². The highest BCUT2D eigenvalue weighted by Gasteiger charge is 2.17. The standard InChI is InChI=1S/C13H25NO/c1-3-6-12-7-5-9-14(10-8-12)11-13(15)4-2/h12H,3-11H2,1-2H3. The van der Waals surface area contributed by atoms with Crippen LogP contribution in [-0.2, 0) is 4.79 Å². The molecule has 0 aliphatic carbocycles. The van der Waals surface area contributed by atoms with E-state index in [2.05, 4.69) is 11.8 Å². The minimum Gasteiger partial charge on any atom is -0.298 e. The highest BCUT2D eigenvalue weighted by Crippen LogP contribution is 2.21. The first-order chi connectivity index (χ1) is 7.26. The van der Waals surface area contributed by atoms with E-state index >= 15 is 0 Å². The van der Waals surface area contributed by atoms with E-state index in [0.29, 0.717) is 18.7 Å². The van der Waals surface area contributed by atoms with Gasteiger partial charge < -0.3 is 0 Å². The van der Waals surface area contributed by atoms with Gasteiger partial charge in [-0.15, -0.1) is 0 Å². The number of likely N-dealkylation sites (tertiary alicyclic amines) is 1. The Balaban J connectivity index is 2.29. The summed E-state index contributed by atoms with van der Waals surface area (Å²) in [5.74, 6) is 1.31. The average Bonchev–Trinajstić information content (AvgIpc) is 2.45. The SMILES string of the molecule is CCCC1CCCN(CC(=O)CC)CC1. The van der Waals surface area contributed by atoms with Gasteiger partial charge in [0.05, 0.1) is 6.54 Å². The van der Waals surface area contributed by atoms with Gasteiger partial charge in [-0.1, -0.05) is 26.7 Å². The first-order valence-corrected chi connectivity index (χ1v) is 6.50. The van der Waals surface area contributed by atoms with Crippen LogP contribution in [0.2, 0.25) is 0 Å². The Morgan fingerprint density at radius 3 is 2.73 bits per heavy atom. The van der Waals surface area contributed by atoms with Gasteiger partial charge in [-0.05, 0) is 38.3 Å². The molecule has 1 unspecified atom stereocenters. The zero-order chi connectivity index (χ0) is 11.1. The Hall–Kier alpha value is -0.370. The zero-order valence-electron chi connectivity index (χ0n) is 10.3. The minimum atomic E-state index is 0.393. The number of nitrogens with zero attached hydrogens (tertiary/aromatic N) is 1. The number of rotatable bonds is 5. The molecule has 0 amide bonds. The summed E-state index contributed by atoms with van der Waals surface area (Å²) in [5.41, 5.74) is 0. The van der Waals surface area contributed by atoms with Gasteiger partial charge in [-0.3, -0.25) is 9.69 Å². The number of ketones is 1. The highest BCUT2D eigenvalue weighted by molar-refractivity contribution is 5.80. The predicted molar refractivity (Wildman–Crippen MR) is 64.0 cm³/mol. The van der Waals surface area contributed by atoms with Crippen LogP contribution in [0.25, 0.3) is 0 Å². The second-order valence-corrected chi connectivity index (χ2v) is 4.75. The topological polar surface area (TPSA) is 20.3 Å². The van der Waals surface area contributed by atoms with Gasteiger partial charge in [0.15, 0.2) is 0 Å². The molecule has 1 heterocycles. The lowest BCUT2D eigenvalue weighted by Crippen LogP contribution is -2.30. The van der Waals surface area contributed by atoms with Crippen molar-refractivity contribution < 1.29 is 4.79 Å². The van der Waals surface area contributed by atoms with Crippen molar-refractivity contribution in [3.63, 3.8) is 0 Å². The predicted octanol–water partition coefficient (Wildman–Crippen LogP) is 2.87. The minimum absolute atomic E-state index is 0.393. The van der Waals surface area contributed by atoms with Crippen LogP contribution in [0.3, 0.4) is 0 Å². The Kier molecular flexibility index (Phi) is 5.92. The van der Waals surface area contributed by atoms with Crippen molar-refractivity contribution in [2.45, 2.75) is 52.4 Å². The summed E-state index contributed by atoms with van der Waals surface area (Å²) < 4.78 is 0. The fourth-order valence-electron chi connectivity index (χ4n) is 2.44. The van der Waals surface area contributed by atoms with Crippen LogP contribution in [0.5, 0.6) is 0 Å². The third-order valence-electron chi connectivity index (χ3n) is 3.43. The summed E-state index contributed by atoms with van der Waals surface area (Å²) in [6, 6.07) is 0. The summed E-state index contributed by atoms with van der Waals surface area (Å²) in [4.78, 5) is 13.7. The molecule has 0 aromatic heterocycles. The maximum Gasteiger partial charge on any atom is 0.146 e. The summed E-state index contributed by atoms with van der Waals surface area (Å²) in [5, 5.41) is 0. The number of Topliss-reactive ketones (excluding diaryl/α,β-unsaturated/α-hetero) is 1. The first kappa shape index (κ1) is 12.7. The van der Waals surface area contributed by atoms with Crippen LogP contribution in [0.4, 0.5) is 0 Å². The molecule has 0 saturated carbocycles. The molecule has 15 heavy (non-hydrogen) atoms. The molecular weight excluding hydrogens is 186 g/mol. The van der Waals surface area contributed by atoms with E-state index in [-0.39, 0.29) is 0 Å².